The second kappa shape index (κ2) is 12.3. The summed E-state index contributed by atoms with van der Waals surface area (Å²) in [7, 11) is 3.21. The number of aryl methyl sites for hydroxylation is 1. The second-order valence-electron chi connectivity index (χ2n) is 10.1. The van der Waals surface area contributed by atoms with E-state index in [-0.39, 0.29) is 5.82 Å². The van der Waals surface area contributed by atoms with Crippen LogP contribution in [0.4, 0.5) is 8.78 Å². The molecule has 0 aliphatic carbocycles. The van der Waals surface area contributed by atoms with Crippen molar-refractivity contribution in [3.63, 3.8) is 0 Å². The summed E-state index contributed by atoms with van der Waals surface area (Å²) in [5, 5.41) is 0.728. The lowest BCUT2D eigenvalue weighted by Crippen LogP contribution is -2.23. The summed E-state index contributed by atoms with van der Waals surface area (Å²) in [6, 6.07) is 17.0. The van der Waals surface area contributed by atoms with Crippen LogP contribution in [0.15, 0.2) is 84.4 Å². The fourth-order valence-electron chi connectivity index (χ4n) is 4.79. The van der Waals surface area contributed by atoms with E-state index in [4.69, 9.17) is 19.2 Å². The van der Waals surface area contributed by atoms with E-state index >= 15 is 0 Å². The largest absolute Gasteiger partial charge is 0.493 e. The molecule has 0 aliphatic heterocycles. The van der Waals surface area contributed by atoms with E-state index in [0.717, 1.165) is 22.1 Å². The Balaban J connectivity index is 1.37. The van der Waals surface area contributed by atoms with Gasteiger partial charge in [-0.2, -0.15) is 0 Å². The molecular weight excluding hydrogens is 558 g/mol. The first kappa shape index (κ1) is 29.2. The van der Waals surface area contributed by atoms with Crippen molar-refractivity contribution in [1.29, 1.82) is 0 Å². The molecule has 3 aromatic carbocycles. The lowest BCUT2D eigenvalue weighted by Gasteiger charge is -2.28. The van der Waals surface area contributed by atoms with Gasteiger partial charge in [0, 0.05) is 35.3 Å². The highest BCUT2D eigenvalue weighted by atomic mass is 32.2. The van der Waals surface area contributed by atoms with E-state index in [1.807, 2.05) is 35.9 Å². The predicted octanol–water partition coefficient (Wildman–Crippen LogP) is 7.16. The fourth-order valence-corrected chi connectivity index (χ4v) is 5.60. The minimum atomic E-state index is -0.497. The van der Waals surface area contributed by atoms with Crippen molar-refractivity contribution in [2.45, 2.75) is 31.3 Å². The zero-order valence-electron chi connectivity index (χ0n) is 24.1. The molecule has 0 N–H and O–H groups in total. The molecule has 0 unspecified atom stereocenters. The molecule has 218 valence electrons. The number of hydrogen-bond donors (Lipinski definition) is 0. The Morgan fingerprint density at radius 3 is 2.33 bits per heavy atom. The molecule has 2 aromatic heterocycles. The van der Waals surface area contributed by atoms with E-state index in [1.165, 1.54) is 30.0 Å². The monoisotopic (exact) mass is 590 g/mol. The number of methoxy groups -OCH3 is 2. The smallest absolute Gasteiger partial charge is 0.172 e. The van der Waals surface area contributed by atoms with Crippen LogP contribution in [0.1, 0.15) is 30.9 Å². The molecule has 0 aliphatic rings. The van der Waals surface area contributed by atoms with Crippen molar-refractivity contribution < 1.29 is 23.0 Å². The highest BCUT2D eigenvalue weighted by Gasteiger charge is 2.30. The molecule has 0 bridgehead atoms. The number of benzene rings is 3. The third-order valence-electron chi connectivity index (χ3n) is 7.15. The quantitative estimate of drug-likeness (QED) is 0.120. The summed E-state index contributed by atoms with van der Waals surface area (Å²) in [6.07, 6.45) is 5.19. The molecule has 0 fully saturated rings. The van der Waals surface area contributed by atoms with Gasteiger partial charge in [0.05, 0.1) is 38.4 Å². The molecule has 0 radical (unpaired) electrons. The number of ether oxygens (including phenoxy) is 3. The van der Waals surface area contributed by atoms with Gasteiger partial charge in [0.25, 0.3) is 0 Å². The molecule has 0 saturated heterocycles. The summed E-state index contributed by atoms with van der Waals surface area (Å²) in [6.45, 7) is 6.36. The molecular formula is C32H32F2N4O3S. The molecule has 0 atom stereocenters. The highest BCUT2D eigenvalue weighted by molar-refractivity contribution is 7.99. The zero-order chi connectivity index (χ0) is 29.9. The number of rotatable bonds is 11. The third-order valence-corrected chi connectivity index (χ3v) is 8.06. The molecule has 0 saturated carbocycles. The normalized spacial score (nSPS) is 11.5. The van der Waals surface area contributed by atoms with Crippen LogP contribution in [-0.2, 0) is 5.41 Å². The SMILES string of the molecule is COc1ccc(C(C)(C)c2cnc(SCCOc3ccc(-n4ccnc4C)c(F)c3)n2-c2ccc(F)cc2)cc1OC. The van der Waals surface area contributed by atoms with E-state index < -0.39 is 11.2 Å². The van der Waals surface area contributed by atoms with Gasteiger partial charge in [-0.3, -0.25) is 4.57 Å². The van der Waals surface area contributed by atoms with Crippen molar-refractivity contribution in [3.8, 4) is 28.6 Å². The molecule has 5 aromatic rings. The maximum absolute atomic E-state index is 14.8. The van der Waals surface area contributed by atoms with Crippen molar-refractivity contribution in [1.82, 2.24) is 19.1 Å². The summed E-state index contributed by atoms with van der Waals surface area (Å²) in [4.78, 5) is 8.90. The molecule has 5 rings (SSSR count). The van der Waals surface area contributed by atoms with E-state index in [0.29, 0.717) is 41.1 Å². The van der Waals surface area contributed by atoms with Gasteiger partial charge in [-0.15, -0.1) is 0 Å². The summed E-state index contributed by atoms with van der Waals surface area (Å²) >= 11 is 1.50. The van der Waals surface area contributed by atoms with Crippen LogP contribution in [0.25, 0.3) is 11.4 Å². The Morgan fingerprint density at radius 1 is 0.905 bits per heavy atom. The van der Waals surface area contributed by atoms with Gasteiger partial charge in [0.1, 0.15) is 17.4 Å². The van der Waals surface area contributed by atoms with Gasteiger partial charge in [0.2, 0.25) is 0 Å². The van der Waals surface area contributed by atoms with Crippen LogP contribution >= 0.6 is 11.8 Å². The summed E-state index contributed by atoms with van der Waals surface area (Å²) in [5.41, 5.74) is 2.62. The van der Waals surface area contributed by atoms with Crippen LogP contribution < -0.4 is 14.2 Å². The van der Waals surface area contributed by atoms with Crippen molar-refractivity contribution in [3.05, 3.63) is 108 Å². The Labute approximate surface area is 248 Å². The van der Waals surface area contributed by atoms with E-state index in [1.54, 1.807) is 55.4 Å². The maximum Gasteiger partial charge on any atom is 0.172 e. The number of hydrogen-bond acceptors (Lipinski definition) is 6. The molecule has 0 amide bonds. The molecule has 2 heterocycles. The minimum absolute atomic E-state index is 0.316. The van der Waals surface area contributed by atoms with Crippen LogP contribution in [0.2, 0.25) is 0 Å². The van der Waals surface area contributed by atoms with Crippen LogP contribution in [0.5, 0.6) is 17.2 Å². The van der Waals surface area contributed by atoms with Crippen molar-refractivity contribution in [2.75, 3.05) is 26.6 Å². The van der Waals surface area contributed by atoms with Crippen LogP contribution in [-0.4, -0.2) is 45.7 Å². The minimum Gasteiger partial charge on any atom is -0.493 e. The van der Waals surface area contributed by atoms with E-state index in [9.17, 15) is 8.78 Å². The summed E-state index contributed by atoms with van der Waals surface area (Å²) in [5.74, 6) is 2.26. The standard InChI is InChI=1S/C32H32F2N4O3S/c1-21-35-14-15-37(21)27-12-11-25(19-26(27)34)41-16-17-42-31-36-20-30(38(31)24-9-7-23(33)8-10-24)32(2,3)22-6-13-28(39-4)29(18-22)40-5/h6-15,18-20H,16-17H2,1-5H3. The lowest BCUT2D eigenvalue weighted by atomic mass is 9.81. The molecule has 10 heteroatoms. The Hall–Kier alpha value is -4.31. The van der Waals surface area contributed by atoms with Gasteiger partial charge in [-0.05, 0) is 61.0 Å². The van der Waals surface area contributed by atoms with Gasteiger partial charge < -0.3 is 18.8 Å². The number of halogens is 2. The topological polar surface area (TPSA) is 63.3 Å². The van der Waals surface area contributed by atoms with E-state index in [2.05, 4.69) is 18.8 Å². The number of nitrogens with zero attached hydrogens (tertiary/aromatic N) is 4. The van der Waals surface area contributed by atoms with Gasteiger partial charge >= 0.3 is 0 Å². The van der Waals surface area contributed by atoms with Crippen LogP contribution in [0, 0.1) is 18.6 Å². The average Bonchev–Trinajstić information content (AvgIpc) is 3.62. The Bertz CT molecular complexity index is 1680. The predicted molar refractivity (Wildman–Crippen MR) is 160 cm³/mol. The zero-order valence-corrected chi connectivity index (χ0v) is 24.9. The second-order valence-corrected chi connectivity index (χ2v) is 11.1. The molecule has 7 nitrogen and oxygen atoms in total. The van der Waals surface area contributed by atoms with Crippen molar-refractivity contribution in [2.24, 2.45) is 0 Å². The first-order chi connectivity index (χ1) is 20.2. The first-order valence-corrected chi connectivity index (χ1v) is 14.3. The van der Waals surface area contributed by atoms with Crippen LogP contribution in [0.3, 0.4) is 0 Å². The average molecular weight is 591 g/mol. The Morgan fingerprint density at radius 2 is 1.67 bits per heavy atom. The maximum atomic E-state index is 14.8. The first-order valence-electron chi connectivity index (χ1n) is 13.3. The lowest BCUT2D eigenvalue weighted by molar-refractivity contribution is 0.341. The molecule has 42 heavy (non-hydrogen) atoms. The third kappa shape index (κ3) is 5.85. The number of aromatic nitrogens is 4. The Kier molecular flexibility index (Phi) is 8.54. The summed E-state index contributed by atoms with van der Waals surface area (Å²) < 4.78 is 49.2. The van der Waals surface area contributed by atoms with Gasteiger partial charge in [0.15, 0.2) is 22.5 Å². The van der Waals surface area contributed by atoms with Gasteiger partial charge in [-0.25, -0.2) is 18.7 Å². The fraction of sp³-hybridized carbons (Fsp3) is 0.250. The number of thioether (sulfide) groups is 1. The molecule has 0 spiro atoms. The number of imidazole rings is 2. The highest BCUT2D eigenvalue weighted by Crippen LogP contribution is 2.39. The van der Waals surface area contributed by atoms with Crippen molar-refractivity contribution >= 4 is 11.8 Å². The van der Waals surface area contributed by atoms with Gasteiger partial charge in [-0.1, -0.05) is 31.7 Å².